The van der Waals surface area contributed by atoms with Gasteiger partial charge in [-0.15, -0.1) is 0 Å². The first-order valence-electron chi connectivity index (χ1n) is 3.68. The van der Waals surface area contributed by atoms with E-state index in [9.17, 15) is 0 Å². The Morgan fingerprint density at radius 3 is 2.45 bits per heavy atom. The van der Waals surface area contributed by atoms with Gasteiger partial charge < -0.3 is 5.32 Å². The molecule has 0 heterocycles. The molecule has 0 saturated carbocycles. The normalized spacial score (nSPS) is 14.1. The number of nitrogens with one attached hydrogen (secondary N) is 1. The minimum Gasteiger partial charge on any atom is -0.305 e. The second kappa shape index (κ2) is 4.63. The summed E-state index contributed by atoms with van der Waals surface area (Å²) in [5.41, 5.74) is 0. The smallest absolute Gasteiger partial charge is 0.0963 e. The number of nitrogens with zero attached hydrogens (tertiary/aromatic N) is 1. The molecule has 0 aliphatic carbocycles. The molecule has 2 nitrogen and oxygen atoms in total. The van der Waals surface area contributed by atoms with Crippen LogP contribution in [0, 0.1) is 11.3 Å². The molecule has 0 aliphatic rings. The topological polar surface area (TPSA) is 35.8 Å². The van der Waals surface area contributed by atoms with E-state index in [4.69, 9.17) is 5.26 Å². The lowest BCUT2D eigenvalue weighted by molar-refractivity contribution is 0.541. The summed E-state index contributed by atoms with van der Waals surface area (Å²) in [4.78, 5) is 0. The fourth-order valence-corrected chi connectivity index (χ4v) is 1.12. The quantitative estimate of drug-likeness (QED) is 0.700. The van der Waals surface area contributed by atoms with E-state index in [-0.39, 0.29) is 10.8 Å². The first kappa shape index (κ1) is 10.8. The molecule has 0 rings (SSSR count). The summed E-state index contributed by atoms with van der Waals surface area (Å²) >= 11 is 1.80. The molecule has 0 aromatic heterocycles. The van der Waals surface area contributed by atoms with Crippen LogP contribution in [0.3, 0.4) is 0 Å². The molecular formula is C8H16N2S. The van der Waals surface area contributed by atoms with Gasteiger partial charge in [-0.2, -0.15) is 17.0 Å². The van der Waals surface area contributed by atoms with Crippen molar-refractivity contribution in [3.8, 4) is 6.07 Å². The standard InChI is InChI=1S/C8H16N2S/c1-8(2,11-4)5-7(6-9)10-3/h7,10H,5H2,1-4H3. The largest absolute Gasteiger partial charge is 0.305 e. The fraction of sp³-hybridized carbons (Fsp3) is 0.875. The van der Waals surface area contributed by atoms with Crippen molar-refractivity contribution in [2.24, 2.45) is 0 Å². The monoisotopic (exact) mass is 172 g/mol. The van der Waals surface area contributed by atoms with E-state index in [2.05, 4.69) is 31.5 Å². The lowest BCUT2D eigenvalue weighted by Crippen LogP contribution is -2.31. The van der Waals surface area contributed by atoms with Gasteiger partial charge in [-0.1, -0.05) is 13.8 Å². The molecule has 1 N–H and O–H groups in total. The Balaban J connectivity index is 3.92. The van der Waals surface area contributed by atoms with E-state index in [1.54, 1.807) is 11.8 Å². The SMILES string of the molecule is CNC(C#N)CC(C)(C)SC. The predicted molar refractivity (Wildman–Crippen MR) is 50.7 cm³/mol. The number of rotatable bonds is 4. The molecular weight excluding hydrogens is 156 g/mol. The Morgan fingerprint density at radius 2 is 2.18 bits per heavy atom. The fourth-order valence-electron chi connectivity index (χ4n) is 0.787. The van der Waals surface area contributed by atoms with Crippen molar-refractivity contribution in [2.45, 2.75) is 31.1 Å². The highest BCUT2D eigenvalue weighted by Gasteiger charge is 2.20. The van der Waals surface area contributed by atoms with Crippen LogP contribution in [0.1, 0.15) is 20.3 Å². The highest BCUT2D eigenvalue weighted by Crippen LogP contribution is 2.26. The van der Waals surface area contributed by atoms with Gasteiger partial charge in [0.05, 0.1) is 12.1 Å². The highest BCUT2D eigenvalue weighted by atomic mass is 32.2. The van der Waals surface area contributed by atoms with Gasteiger partial charge in [0, 0.05) is 4.75 Å². The van der Waals surface area contributed by atoms with Crippen molar-refractivity contribution < 1.29 is 0 Å². The summed E-state index contributed by atoms with van der Waals surface area (Å²) < 4.78 is 0.198. The first-order chi connectivity index (χ1) is 5.05. The molecule has 1 unspecified atom stereocenters. The summed E-state index contributed by atoms with van der Waals surface area (Å²) in [5, 5.41) is 11.6. The lowest BCUT2D eigenvalue weighted by Gasteiger charge is -2.24. The molecule has 0 spiro atoms. The second-order valence-corrected chi connectivity index (χ2v) is 4.65. The Labute approximate surface area is 73.4 Å². The van der Waals surface area contributed by atoms with Crippen LogP contribution in [0.5, 0.6) is 0 Å². The van der Waals surface area contributed by atoms with Gasteiger partial charge in [-0.3, -0.25) is 0 Å². The maximum Gasteiger partial charge on any atom is 0.0963 e. The van der Waals surface area contributed by atoms with Crippen LogP contribution < -0.4 is 5.32 Å². The van der Waals surface area contributed by atoms with Crippen molar-refractivity contribution >= 4 is 11.8 Å². The van der Waals surface area contributed by atoms with E-state index in [0.29, 0.717) is 0 Å². The molecule has 0 bridgehead atoms. The molecule has 0 aromatic rings. The molecule has 0 aromatic carbocycles. The van der Waals surface area contributed by atoms with Crippen molar-refractivity contribution in [2.75, 3.05) is 13.3 Å². The molecule has 0 radical (unpaired) electrons. The third kappa shape index (κ3) is 4.28. The molecule has 0 aliphatic heterocycles. The number of nitriles is 1. The average molecular weight is 172 g/mol. The van der Waals surface area contributed by atoms with Crippen molar-refractivity contribution in [3.05, 3.63) is 0 Å². The molecule has 0 amide bonds. The Morgan fingerprint density at radius 1 is 1.64 bits per heavy atom. The zero-order chi connectivity index (χ0) is 8.91. The maximum atomic E-state index is 8.66. The molecule has 3 heteroatoms. The number of thioether (sulfide) groups is 1. The van der Waals surface area contributed by atoms with Crippen LogP contribution in [0.25, 0.3) is 0 Å². The zero-order valence-electron chi connectivity index (χ0n) is 7.64. The van der Waals surface area contributed by atoms with E-state index in [1.165, 1.54) is 0 Å². The van der Waals surface area contributed by atoms with Gasteiger partial charge >= 0.3 is 0 Å². The van der Waals surface area contributed by atoms with E-state index in [1.807, 2.05) is 7.05 Å². The molecule has 11 heavy (non-hydrogen) atoms. The van der Waals surface area contributed by atoms with Crippen molar-refractivity contribution in [3.63, 3.8) is 0 Å². The maximum absolute atomic E-state index is 8.66. The zero-order valence-corrected chi connectivity index (χ0v) is 8.46. The van der Waals surface area contributed by atoms with Crippen molar-refractivity contribution in [1.82, 2.24) is 5.32 Å². The van der Waals surface area contributed by atoms with E-state index < -0.39 is 0 Å². The third-order valence-corrected chi connectivity index (χ3v) is 3.02. The molecule has 64 valence electrons. The average Bonchev–Trinajstić information content (AvgIpc) is 2.00. The Kier molecular flexibility index (Phi) is 4.55. The highest BCUT2D eigenvalue weighted by molar-refractivity contribution is 7.99. The summed E-state index contributed by atoms with van der Waals surface area (Å²) in [6, 6.07) is 2.20. The van der Waals surface area contributed by atoms with Gasteiger partial charge in [0.15, 0.2) is 0 Å². The summed E-state index contributed by atoms with van der Waals surface area (Å²) in [5.74, 6) is 0. The molecule has 0 saturated heterocycles. The minimum atomic E-state index is -0.0163. The van der Waals surface area contributed by atoms with Gasteiger partial charge in [0.2, 0.25) is 0 Å². The summed E-state index contributed by atoms with van der Waals surface area (Å²) in [7, 11) is 1.82. The molecule has 0 fully saturated rings. The second-order valence-electron chi connectivity index (χ2n) is 3.14. The van der Waals surface area contributed by atoms with E-state index >= 15 is 0 Å². The number of hydrogen-bond donors (Lipinski definition) is 1. The summed E-state index contributed by atoms with van der Waals surface area (Å²) in [6.07, 6.45) is 2.96. The van der Waals surface area contributed by atoms with Gasteiger partial charge in [0.1, 0.15) is 0 Å². The van der Waals surface area contributed by atoms with Crippen LogP contribution in [0.2, 0.25) is 0 Å². The number of hydrogen-bond acceptors (Lipinski definition) is 3. The lowest BCUT2D eigenvalue weighted by atomic mass is 10.0. The van der Waals surface area contributed by atoms with Gasteiger partial charge in [-0.25, -0.2) is 0 Å². The van der Waals surface area contributed by atoms with Crippen LogP contribution >= 0.6 is 11.8 Å². The van der Waals surface area contributed by atoms with Gasteiger partial charge in [0.25, 0.3) is 0 Å². The summed E-state index contributed by atoms with van der Waals surface area (Å²) in [6.45, 7) is 4.30. The first-order valence-corrected chi connectivity index (χ1v) is 4.90. The van der Waals surface area contributed by atoms with Crippen LogP contribution in [-0.2, 0) is 0 Å². The van der Waals surface area contributed by atoms with Crippen LogP contribution in [0.15, 0.2) is 0 Å². The van der Waals surface area contributed by atoms with Crippen molar-refractivity contribution in [1.29, 1.82) is 5.26 Å². The van der Waals surface area contributed by atoms with Crippen LogP contribution in [-0.4, -0.2) is 24.1 Å². The third-order valence-electron chi connectivity index (χ3n) is 1.75. The van der Waals surface area contributed by atoms with Crippen LogP contribution in [0.4, 0.5) is 0 Å². The Hall–Kier alpha value is -0.200. The predicted octanol–water partition coefficient (Wildman–Crippen LogP) is 1.63. The van der Waals surface area contributed by atoms with E-state index in [0.717, 1.165) is 6.42 Å². The Bertz CT molecular complexity index is 149. The minimum absolute atomic E-state index is 0.0163. The van der Waals surface area contributed by atoms with Gasteiger partial charge in [-0.05, 0) is 19.7 Å². The molecule has 1 atom stereocenters.